The minimum atomic E-state index is -0.437. The van der Waals surface area contributed by atoms with Crippen LogP contribution in [-0.4, -0.2) is 23.6 Å². The molecule has 1 saturated heterocycles. The summed E-state index contributed by atoms with van der Waals surface area (Å²) in [4.78, 5) is 17.3. The fourth-order valence-corrected chi connectivity index (χ4v) is 4.84. The van der Waals surface area contributed by atoms with Crippen LogP contribution in [0.25, 0.3) is 11.3 Å². The number of hydrogen-bond acceptors (Lipinski definition) is 5. The number of benzene rings is 2. The molecule has 1 amide bonds. The van der Waals surface area contributed by atoms with Crippen molar-refractivity contribution in [3.8, 4) is 11.3 Å². The topological polar surface area (TPSA) is 60.5 Å². The van der Waals surface area contributed by atoms with E-state index in [1.807, 2.05) is 60.8 Å². The van der Waals surface area contributed by atoms with Gasteiger partial charge in [-0.3, -0.25) is 4.79 Å². The van der Waals surface area contributed by atoms with Gasteiger partial charge in [0.2, 0.25) is 0 Å². The lowest BCUT2D eigenvalue weighted by Crippen LogP contribution is -2.45. The molecule has 32 heavy (non-hydrogen) atoms. The standard InChI is InChI=1S/C26H30N2O3S/c1-16(2)23-26(4,5)15-30-25(31-23)20-7-6-8-21(13-20)28-24(29)19-11-9-18(10-12-19)22-14-32-17(3)27-22/h6-14,16,23,25H,15H2,1-5H3,(H,28,29)/t23-,25+/m1/s1. The second-order valence-electron chi connectivity index (χ2n) is 9.34. The molecule has 1 aliphatic heterocycles. The van der Waals surface area contributed by atoms with Crippen LogP contribution >= 0.6 is 11.3 Å². The third-order valence-corrected chi connectivity index (χ3v) is 6.50. The number of nitrogens with one attached hydrogen (secondary N) is 1. The van der Waals surface area contributed by atoms with Crippen molar-refractivity contribution in [1.29, 1.82) is 0 Å². The summed E-state index contributed by atoms with van der Waals surface area (Å²) in [5.74, 6) is 0.227. The molecule has 2 heterocycles. The lowest BCUT2D eigenvalue weighted by molar-refractivity contribution is -0.274. The Balaban J connectivity index is 1.45. The van der Waals surface area contributed by atoms with Crippen LogP contribution in [0, 0.1) is 18.3 Å². The summed E-state index contributed by atoms with van der Waals surface area (Å²) in [5.41, 5.74) is 4.10. The molecule has 6 heteroatoms. The van der Waals surface area contributed by atoms with Crippen LogP contribution in [0.5, 0.6) is 0 Å². The number of thiazole rings is 1. The monoisotopic (exact) mass is 450 g/mol. The molecule has 0 spiro atoms. The maximum absolute atomic E-state index is 12.8. The van der Waals surface area contributed by atoms with E-state index in [-0.39, 0.29) is 17.4 Å². The van der Waals surface area contributed by atoms with Crippen molar-refractivity contribution in [1.82, 2.24) is 4.98 Å². The summed E-state index contributed by atoms with van der Waals surface area (Å²) in [6, 6.07) is 15.2. The van der Waals surface area contributed by atoms with E-state index in [1.165, 1.54) is 0 Å². The SMILES string of the molecule is Cc1nc(-c2ccc(C(=O)Nc3cccc([C@H]4OCC(C)(C)[C@@H](C(C)C)O4)c3)cc2)cs1. The highest BCUT2D eigenvalue weighted by Gasteiger charge is 2.40. The quantitative estimate of drug-likeness (QED) is 0.484. The molecule has 0 saturated carbocycles. The summed E-state index contributed by atoms with van der Waals surface area (Å²) in [6.07, 6.45) is -0.340. The van der Waals surface area contributed by atoms with Crippen molar-refractivity contribution in [3.63, 3.8) is 0 Å². The Bertz CT molecular complexity index is 1090. The molecule has 168 valence electrons. The number of anilines is 1. The number of carbonyl (C=O) groups is 1. The highest BCUT2D eigenvalue weighted by Crippen LogP contribution is 2.40. The third kappa shape index (κ3) is 4.93. The Kier molecular flexibility index (Phi) is 6.47. The molecule has 2 atom stereocenters. The molecule has 1 N–H and O–H groups in total. The average Bonchev–Trinajstić information content (AvgIpc) is 3.20. The minimum Gasteiger partial charge on any atom is -0.348 e. The van der Waals surface area contributed by atoms with Gasteiger partial charge in [-0.15, -0.1) is 11.3 Å². The van der Waals surface area contributed by atoms with Crippen molar-refractivity contribution in [2.45, 2.75) is 47.0 Å². The molecular weight excluding hydrogens is 420 g/mol. The number of hydrogen-bond donors (Lipinski definition) is 1. The van der Waals surface area contributed by atoms with E-state index >= 15 is 0 Å². The van der Waals surface area contributed by atoms with Crippen molar-refractivity contribution >= 4 is 22.9 Å². The fraction of sp³-hybridized carbons (Fsp3) is 0.385. The summed E-state index contributed by atoms with van der Waals surface area (Å²) in [5, 5.41) is 6.04. The number of rotatable bonds is 5. The van der Waals surface area contributed by atoms with Crippen molar-refractivity contribution in [3.05, 3.63) is 70.0 Å². The van der Waals surface area contributed by atoms with Gasteiger partial charge in [-0.05, 0) is 37.1 Å². The molecule has 3 aromatic rings. The van der Waals surface area contributed by atoms with Gasteiger partial charge in [0, 0.05) is 33.2 Å². The fourth-order valence-electron chi connectivity index (χ4n) is 4.22. The number of aryl methyl sites for hydroxylation is 1. The predicted molar refractivity (Wildman–Crippen MR) is 129 cm³/mol. The second-order valence-corrected chi connectivity index (χ2v) is 10.4. The first-order valence-corrected chi connectivity index (χ1v) is 11.8. The van der Waals surface area contributed by atoms with Gasteiger partial charge >= 0.3 is 0 Å². The predicted octanol–water partition coefficient (Wildman–Crippen LogP) is 6.47. The number of ether oxygens (including phenoxy) is 2. The van der Waals surface area contributed by atoms with Crippen LogP contribution in [-0.2, 0) is 9.47 Å². The first kappa shape index (κ1) is 22.6. The first-order valence-electron chi connectivity index (χ1n) is 10.9. The Hall–Kier alpha value is -2.54. The summed E-state index contributed by atoms with van der Waals surface area (Å²) in [7, 11) is 0. The van der Waals surface area contributed by atoms with Gasteiger partial charge in [-0.1, -0.05) is 52.0 Å². The van der Waals surface area contributed by atoms with Crippen LogP contribution in [0.3, 0.4) is 0 Å². The van der Waals surface area contributed by atoms with Crippen molar-refractivity contribution in [2.75, 3.05) is 11.9 Å². The van der Waals surface area contributed by atoms with E-state index in [4.69, 9.17) is 9.47 Å². The maximum Gasteiger partial charge on any atom is 0.255 e. The van der Waals surface area contributed by atoms with E-state index in [0.29, 0.717) is 23.8 Å². The lowest BCUT2D eigenvalue weighted by atomic mass is 9.80. The molecule has 0 radical (unpaired) electrons. The minimum absolute atomic E-state index is 0.0418. The van der Waals surface area contributed by atoms with Gasteiger partial charge in [-0.25, -0.2) is 4.98 Å². The normalized spacial score (nSPS) is 20.3. The molecule has 0 aliphatic carbocycles. The Labute approximate surface area is 193 Å². The van der Waals surface area contributed by atoms with Crippen LogP contribution < -0.4 is 5.32 Å². The molecular formula is C26H30N2O3S. The van der Waals surface area contributed by atoms with Gasteiger partial charge in [0.05, 0.1) is 23.4 Å². The maximum atomic E-state index is 12.8. The highest BCUT2D eigenvalue weighted by molar-refractivity contribution is 7.09. The number of amides is 1. The molecule has 0 bridgehead atoms. The second kappa shape index (κ2) is 9.14. The molecule has 1 fully saturated rings. The van der Waals surface area contributed by atoms with E-state index in [9.17, 15) is 4.79 Å². The van der Waals surface area contributed by atoms with Crippen molar-refractivity contribution < 1.29 is 14.3 Å². The largest absolute Gasteiger partial charge is 0.348 e. The molecule has 0 unspecified atom stereocenters. The van der Waals surface area contributed by atoms with Crippen LogP contribution in [0.1, 0.15) is 54.9 Å². The van der Waals surface area contributed by atoms with Gasteiger partial charge in [-0.2, -0.15) is 0 Å². The highest BCUT2D eigenvalue weighted by atomic mass is 32.1. The first-order chi connectivity index (χ1) is 15.2. The Morgan fingerprint density at radius 3 is 2.59 bits per heavy atom. The summed E-state index contributed by atoms with van der Waals surface area (Å²) in [6.45, 7) is 11.3. The van der Waals surface area contributed by atoms with Crippen LogP contribution in [0.15, 0.2) is 53.9 Å². The molecule has 1 aromatic heterocycles. The number of nitrogens with zero attached hydrogens (tertiary/aromatic N) is 1. The molecule has 1 aliphatic rings. The number of aromatic nitrogens is 1. The zero-order valence-electron chi connectivity index (χ0n) is 19.2. The molecule has 4 rings (SSSR count). The van der Waals surface area contributed by atoms with Gasteiger partial charge < -0.3 is 14.8 Å². The summed E-state index contributed by atoms with van der Waals surface area (Å²) >= 11 is 1.62. The molecule has 5 nitrogen and oxygen atoms in total. The number of carbonyl (C=O) groups excluding carboxylic acids is 1. The summed E-state index contributed by atoms with van der Waals surface area (Å²) < 4.78 is 12.3. The van der Waals surface area contributed by atoms with Gasteiger partial charge in [0.1, 0.15) is 0 Å². The van der Waals surface area contributed by atoms with E-state index in [1.54, 1.807) is 11.3 Å². The van der Waals surface area contributed by atoms with Crippen LogP contribution in [0.4, 0.5) is 5.69 Å². The zero-order valence-corrected chi connectivity index (χ0v) is 20.0. The van der Waals surface area contributed by atoms with E-state index in [0.717, 1.165) is 21.8 Å². The third-order valence-electron chi connectivity index (χ3n) is 5.73. The zero-order chi connectivity index (χ0) is 22.9. The lowest BCUT2D eigenvalue weighted by Gasteiger charge is -2.44. The molecule has 2 aromatic carbocycles. The van der Waals surface area contributed by atoms with E-state index in [2.05, 4.69) is 38.0 Å². The average molecular weight is 451 g/mol. The Morgan fingerprint density at radius 1 is 1.19 bits per heavy atom. The van der Waals surface area contributed by atoms with E-state index < -0.39 is 6.29 Å². The van der Waals surface area contributed by atoms with Crippen molar-refractivity contribution in [2.24, 2.45) is 11.3 Å². The Morgan fingerprint density at radius 2 is 1.94 bits per heavy atom. The van der Waals surface area contributed by atoms with Gasteiger partial charge in [0.25, 0.3) is 5.91 Å². The smallest absolute Gasteiger partial charge is 0.255 e. The van der Waals surface area contributed by atoms with Gasteiger partial charge in [0.15, 0.2) is 6.29 Å². The van der Waals surface area contributed by atoms with Crippen LogP contribution in [0.2, 0.25) is 0 Å².